The summed E-state index contributed by atoms with van der Waals surface area (Å²) in [6, 6.07) is 1.72. The van der Waals surface area contributed by atoms with Crippen molar-refractivity contribution < 1.29 is 18.7 Å². The Hall–Kier alpha value is -2.02. The van der Waals surface area contributed by atoms with Gasteiger partial charge in [-0.25, -0.2) is 13.8 Å². The maximum atomic E-state index is 13.9. The summed E-state index contributed by atoms with van der Waals surface area (Å²) in [5, 5.41) is 9.42. The van der Waals surface area contributed by atoms with Crippen LogP contribution in [0.15, 0.2) is 12.1 Å². The zero-order valence-electron chi connectivity index (χ0n) is 11.2. The highest BCUT2D eigenvalue weighted by Gasteiger charge is 2.25. The molecule has 0 fully saturated rings. The molecule has 0 saturated heterocycles. The number of amides is 1. The minimum absolute atomic E-state index is 0.0300. The van der Waals surface area contributed by atoms with Crippen LogP contribution in [-0.2, 0) is 17.8 Å². The van der Waals surface area contributed by atoms with Crippen molar-refractivity contribution in [2.45, 2.75) is 19.9 Å². The van der Waals surface area contributed by atoms with E-state index in [0.29, 0.717) is 19.5 Å². The van der Waals surface area contributed by atoms with Crippen molar-refractivity contribution in [3.63, 3.8) is 0 Å². The first-order chi connectivity index (χ1) is 9.95. The number of hydrogen-bond acceptors (Lipinski definition) is 4. The summed E-state index contributed by atoms with van der Waals surface area (Å²) in [5.74, 6) is -2.18. The summed E-state index contributed by atoms with van der Waals surface area (Å²) < 4.78 is 27.7. The van der Waals surface area contributed by atoms with E-state index < -0.39 is 17.4 Å². The predicted octanol–water partition coefficient (Wildman–Crippen LogP) is 2.70. The lowest BCUT2D eigenvalue weighted by Crippen LogP contribution is -2.33. The van der Waals surface area contributed by atoms with Crippen molar-refractivity contribution in [3.8, 4) is 16.3 Å². The van der Waals surface area contributed by atoms with E-state index in [9.17, 15) is 18.7 Å². The van der Waals surface area contributed by atoms with Crippen molar-refractivity contribution in [1.82, 2.24) is 9.88 Å². The van der Waals surface area contributed by atoms with E-state index in [-0.39, 0.29) is 16.5 Å². The van der Waals surface area contributed by atoms with E-state index in [1.54, 1.807) is 4.90 Å². The van der Waals surface area contributed by atoms with Gasteiger partial charge < -0.3 is 10.0 Å². The molecular weight excluding hydrogens is 298 g/mol. The Kier molecular flexibility index (Phi) is 3.36. The molecule has 110 valence electrons. The molecule has 1 aliphatic rings. The van der Waals surface area contributed by atoms with Crippen LogP contribution < -0.4 is 0 Å². The van der Waals surface area contributed by atoms with E-state index in [1.165, 1.54) is 18.3 Å². The molecule has 1 aromatic heterocycles. The molecule has 1 aliphatic heterocycles. The Morgan fingerprint density at radius 1 is 1.38 bits per heavy atom. The molecule has 0 bridgehead atoms. The van der Waals surface area contributed by atoms with Crippen molar-refractivity contribution >= 4 is 17.2 Å². The van der Waals surface area contributed by atoms with Gasteiger partial charge in [-0.3, -0.25) is 4.79 Å². The quantitative estimate of drug-likeness (QED) is 0.881. The molecule has 1 amide bonds. The summed E-state index contributed by atoms with van der Waals surface area (Å²) >= 11 is 1.18. The van der Waals surface area contributed by atoms with Crippen molar-refractivity contribution in [3.05, 3.63) is 34.3 Å². The number of aromatic nitrogens is 1. The molecule has 0 spiro atoms. The molecule has 2 aromatic rings. The van der Waals surface area contributed by atoms with Crippen molar-refractivity contribution in [1.29, 1.82) is 0 Å². The number of aromatic hydroxyl groups is 1. The highest BCUT2D eigenvalue weighted by molar-refractivity contribution is 7.15. The van der Waals surface area contributed by atoms with Crippen molar-refractivity contribution in [2.24, 2.45) is 0 Å². The topological polar surface area (TPSA) is 53.4 Å². The second-order valence-electron chi connectivity index (χ2n) is 4.86. The fourth-order valence-electron chi connectivity index (χ4n) is 2.34. The van der Waals surface area contributed by atoms with E-state index >= 15 is 0 Å². The third-order valence-electron chi connectivity index (χ3n) is 3.42. The van der Waals surface area contributed by atoms with E-state index in [1.807, 2.05) is 0 Å². The van der Waals surface area contributed by atoms with Crippen LogP contribution in [-0.4, -0.2) is 27.4 Å². The molecule has 4 nitrogen and oxygen atoms in total. The Balaban J connectivity index is 2.02. The SMILES string of the molecule is CC(=O)N1CCc2nc(-c3c(F)cc(O)cc3F)sc2C1. The fraction of sp³-hybridized carbons (Fsp3) is 0.286. The zero-order chi connectivity index (χ0) is 15.1. The number of thiazole rings is 1. The third-order valence-corrected chi connectivity index (χ3v) is 4.52. The standard InChI is InChI=1S/C14H12F2N2O2S/c1-7(19)18-3-2-11-12(6-18)21-14(17-11)13-9(15)4-8(20)5-10(13)16/h4-5,20H,2-3,6H2,1H3. The summed E-state index contributed by atoms with van der Waals surface area (Å²) in [7, 11) is 0. The number of carbonyl (C=O) groups excluding carboxylic acids is 1. The molecule has 1 N–H and O–H groups in total. The monoisotopic (exact) mass is 310 g/mol. The van der Waals surface area contributed by atoms with Gasteiger partial charge in [0.2, 0.25) is 5.91 Å². The van der Waals surface area contributed by atoms with E-state index in [4.69, 9.17) is 0 Å². The lowest BCUT2D eigenvalue weighted by Gasteiger charge is -2.24. The smallest absolute Gasteiger partial charge is 0.219 e. The van der Waals surface area contributed by atoms with Crippen LogP contribution in [0.4, 0.5) is 8.78 Å². The minimum atomic E-state index is -0.845. The second kappa shape index (κ2) is 5.07. The van der Waals surface area contributed by atoms with Crippen molar-refractivity contribution in [2.75, 3.05) is 6.54 Å². The Morgan fingerprint density at radius 3 is 2.67 bits per heavy atom. The first-order valence-corrected chi connectivity index (χ1v) is 7.20. The second-order valence-corrected chi connectivity index (χ2v) is 5.95. The summed E-state index contributed by atoms with van der Waals surface area (Å²) in [5.41, 5.74) is 0.543. The number of rotatable bonds is 1. The van der Waals surface area contributed by atoms with Crippen LogP contribution in [0.25, 0.3) is 10.6 Å². The van der Waals surface area contributed by atoms with E-state index in [0.717, 1.165) is 22.7 Å². The molecule has 0 atom stereocenters. The largest absolute Gasteiger partial charge is 0.508 e. The number of carbonyl (C=O) groups is 1. The highest BCUT2D eigenvalue weighted by Crippen LogP contribution is 2.35. The highest BCUT2D eigenvalue weighted by atomic mass is 32.1. The molecular formula is C14H12F2N2O2S. The molecule has 0 radical (unpaired) electrons. The lowest BCUT2D eigenvalue weighted by molar-refractivity contribution is -0.129. The molecule has 21 heavy (non-hydrogen) atoms. The molecule has 3 rings (SSSR count). The van der Waals surface area contributed by atoms with Gasteiger partial charge >= 0.3 is 0 Å². The van der Waals surface area contributed by atoms with Gasteiger partial charge in [0.1, 0.15) is 22.4 Å². The molecule has 7 heteroatoms. The summed E-state index contributed by atoms with van der Waals surface area (Å²) in [6.45, 7) is 2.47. The van der Waals surface area contributed by atoms with Gasteiger partial charge in [-0.1, -0.05) is 0 Å². The van der Waals surface area contributed by atoms with Crippen LogP contribution in [0.1, 0.15) is 17.5 Å². The lowest BCUT2D eigenvalue weighted by atomic mass is 10.1. The molecule has 0 saturated carbocycles. The average Bonchev–Trinajstić information content (AvgIpc) is 2.79. The number of benzene rings is 1. The molecule has 2 heterocycles. The third kappa shape index (κ3) is 2.49. The van der Waals surface area contributed by atoms with E-state index in [2.05, 4.69) is 4.98 Å². The first kappa shape index (κ1) is 13.9. The Labute approximate surface area is 123 Å². The van der Waals surface area contributed by atoms with Crippen LogP contribution in [0.3, 0.4) is 0 Å². The predicted molar refractivity (Wildman–Crippen MR) is 73.9 cm³/mol. The van der Waals surface area contributed by atoms with Crippen LogP contribution in [0.2, 0.25) is 0 Å². The van der Waals surface area contributed by atoms with Crippen LogP contribution in [0, 0.1) is 11.6 Å². The first-order valence-electron chi connectivity index (χ1n) is 6.38. The van der Waals surface area contributed by atoms with Gasteiger partial charge in [0.15, 0.2) is 0 Å². The van der Waals surface area contributed by atoms with Gasteiger partial charge in [-0.05, 0) is 0 Å². The van der Waals surface area contributed by atoms with Gasteiger partial charge in [0.25, 0.3) is 0 Å². The van der Waals surface area contributed by atoms with Gasteiger partial charge in [-0.15, -0.1) is 11.3 Å². The summed E-state index contributed by atoms with van der Waals surface area (Å²) in [6.07, 6.45) is 0.576. The zero-order valence-corrected chi connectivity index (χ0v) is 12.0. The maximum absolute atomic E-state index is 13.9. The fourth-order valence-corrected chi connectivity index (χ4v) is 3.51. The van der Waals surface area contributed by atoms with Gasteiger partial charge in [0, 0.05) is 36.9 Å². The minimum Gasteiger partial charge on any atom is -0.508 e. The number of halogens is 2. The van der Waals surface area contributed by atoms with Crippen LogP contribution in [0.5, 0.6) is 5.75 Å². The number of phenols is 1. The molecule has 0 aliphatic carbocycles. The van der Waals surface area contributed by atoms with Crippen LogP contribution >= 0.6 is 11.3 Å². The van der Waals surface area contributed by atoms with Gasteiger partial charge in [0.05, 0.1) is 17.8 Å². The Bertz CT molecular complexity index is 707. The average molecular weight is 310 g/mol. The maximum Gasteiger partial charge on any atom is 0.219 e. The summed E-state index contributed by atoms with van der Waals surface area (Å²) in [4.78, 5) is 18.2. The molecule has 0 unspecified atom stereocenters. The normalized spacial score (nSPS) is 14.1. The van der Waals surface area contributed by atoms with Gasteiger partial charge in [-0.2, -0.15) is 0 Å². The number of phenolic OH excluding ortho intramolecular Hbond substituents is 1. The number of hydrogen-bond donors (Lipinski definition) is 1. The number of nitrogens with zero attached hydrogens (tertiary/aromatic N) is 2. The number of fused-ring (bicyclic) bond motifs is 1. The molecule has 1 aromatic carbocycles. The Morgan fingerprint density at radius 2 is 2.05 bits per heavy atom.